The van der Waals surface area contributed by atoms with Crippen molar-refractivity contribution < 1.29 is 19.1 Å². The van der Waals surface area contributed by atoms with Crippen molar-refractivity contribution in [3.8, 4) is 0 Å². The van der Waals surface area contributed by atoms with E-state index in [0.717, 1.165) is 13.3 Å². The monoisotopic (exact) mass is 275 g/mol. The van der Waals surface area contributed by atoms with Crippen LogP contribution in [0.1, 0.15) is 18.9 Å². The average Bonchev–Trinajstić information content (AvgIpc) is 2.88. The number of hydrogen-bond acceptors (Lipinski definition) is 5. The van der Waals surface area contributed by atoms with Crippen molar-refractivity contribution in [1.82, 2.24) is 5.32 Å². The summed E-state index contributed by atoms with van der Waals surface area (Å²) in [7, 11) is 0. The molecule has 1 aromatic rings. The average molecular weight is 275 g/mol. The molecule has 0 bridgehead atoms. The Morgan fingerprint density at radius 3 is 2.60 bits per heavy atom. The van der Waals surface area contributed by atoms with Crippen LogP contribution < -0.4 is 5.32 Å². The number of nitrogens with one attached hydrogen (secondary N) is 1. The minimum atomic E-state index is -1.09. The van der Waals surface area contributed by atoms with Gasteiger partial charge in [-0.25, -0.2) is 9.59 Å². The van der Waals surface area contributed by atoms with Gasteiger partial charge in [-0.3, -0.25) is 4.79 Å². The molecule has 1 aliphatic heterocycles. The third-order valence-corrected chi connectivity index (χ3v) is 3.35. The normalized spacial score (nSPS) is 21.4. The molecule has 0 unspecified atom stereocenters. The summed E-state index contributed by atoms with van der Waals surface area (Å²) < 4.78 is 4.50. The predicted molar refractivity (Wildman–Crippen MR) is 71.8 cm³/mol. The topological polar surface area (TPSA) is 72.5 Å². The van der Waals surface area contributed by atoms with Crippen molar-refractivity contribution in [2.24, 2.45) is 5.92 Å². The van der Waals surface area contributed by atoms with Gasteiger partial charge in [0.05, 0.1) is 0 Å². The van der Waals surface area contributed by atoms with E-state index in [0.29, 0.717) is 18.9 Å². The lowest BCUT2D eigenvalue weighted by Crippen LogP contribution is -2.35. The van der Waals surface area contributed by atoms with E-state index in [9.17, 15) is 14.4 Å². The van der Waals surface area contributed by atoms with Gasteiger partial charge in [0, 0.05) is 6.92 Å². The van der Waals surface area contributed by atoms with E-state index >= 15 is 0 Å². The Morgan fingerprint density at radius 2 is 1.95 bits per heavy atom. The van der Waals surface area contributed by atoms with Gasteiger partial charge in [0.1, 0.15) is 6.04 Å². The Labute approximate surface area is 117 Å². The van der Waals surface area contributed by atoms with Crippen LogP contribution in [0.2, 0.25) is 0 Å². The fourth-order valence-electron chi connectivity index (χ4n) is 2.33. The summed E-state index contributed by atoms with van der Waals surface area (Å²) in [5, 5.41) is 3.03. The number of rotatable bonds is 4. The van der Waals surface area contributed by atoms with Crippen LogP contribution in [0.15, 0.2) is 30.3 Å². The number of Topliss-reactive ketones (excluding diaryl/α,β-unsaturated/α-hetero) is 1. The zero-order valence-corrected chi connectivity index (χ0v) is 11.3. The van der Waals surface area contributed by atoms with Crippen molar-refractivity contribution in [3.63, 3.8) is 0 Å². The first-order valence-electron chi connectivity index (χ1n) is 6.60. The van der Waals surface area contributed by atoms with Crippen molar-refractivity contribution in [2.75, 3.05) is 6.54 Å². The quantitative estimate of drug-likeness (QED) is 0.501. The Balaban J connectivity index is 1.84. The van der Waals surface area contributed by atoms with Crippen LogP contribution in [-0.4, -0.2) is 30.3 Å². The van der Waals surface area contributed by atoms with Crippen LogP contribution in [0.4, 0.5) is 0 Å². The lowest BCUT2D eigenvalue weighted by atomic mass is 9.97. The maximum Gasteiger partial charge on any atom is 0.381 e. The largest absolute Gasteiger partial charge is 0.386 e. The van der Waals surface area contributed by atoms with Crippen LogP contribution in [0.5, 0.6) is 0 Å². The summed E-state index contributed by atoms with van der Waals surface area (Å²) >= 11 is 0. The van der Waals surface area contributed by atoms with Crippen molar-refractivity contribution in [1.29, 1.82) is 0 Å². The van der Waals surface area contributed by atoms with E-state index in [1.807, 2.05) is 30.3 Å². The lowest BCUT2D eigenvalue weighted by Gasteiger charge is -2.09. The first-order valence-corrected chi connectivity index (χ1v) is 6.60. The molecule has 20 heavy (non-hydrogen) atoms. The summed E-state index contributed by atoms with van der Waals surface area (Å²) in [6.45, 7) is 1.78. The Kier molecular flexibility index (Phi) is 4.63. The maximum atomic E-state index is 11.7. The first-order chi connectivity index (χ1) is 9.56. The van der Waals surface area contributed by atoms with Gasteiger partial charge in [-0.1, -0.05) is 30.3 Å². The molecule has 1 aliphatic rings. The van der Waals surface area contributed by atoms with Gasteiger partial charge in [-0.15, -0.1) is 0 Å². The molecule has 0 aliphatic carbocycles. The van der Waals surface area contributed by atoms with Gasteiger partial charge in [0.25, 0.3) is 0 Å². The van der Waals surface area contributed by atoms with E-state index in [2.05, 4.69) is 10.1 Å². The summed E-state index contributed by atoms with van der Waals surface area (Å²) in [6, 6.07) is 9.51. The number of esters is 2. The molecule has 106 valence electrons. The third kappa shape index (κ3) is 3.74. The zero-order valence-electron chi connectivity index (χ0n) is 11.3. The fourth-order valence-corrected chi connectivity index (χ4v) is 2.33. The van der Waals surface area contributed by atoms with E-state index in [1.165, 1.54) is 5.56 Å². The maximum absolute atomic E-state index is 11.7. The Bertz CT molecular complexity index is 512. The molecular formula is C15H17NO4. The molecule has 5 nitrogen and oxygen atoms in total. The molecule has 2 atom stereocenters. The SMILES string of the molecule is CC(=O)C(=O)OC(=O)[C@@H]1C[C@H](Cc2ccccc2)CN1. The number of hydrogen-bond donors (Lipinski definition) is 1. The molecule has 1 N–H and O–H groups in total. The van der Waals surface area contributed by atoms with Gasteiger partial charge in [0.2, 0.25) is 5.78 Å². The molecule has 0 amide bonds. The highest BCUT2D eigenvalue weighted by Gasteiger charge is 2.32. The standard InChI is InChI=1S/C15H17NO4/c1-10(17)14(18)20-15(19)13-8-12(9-16-13)7-11-5-3-2-4-6-11/h2-6,12-13,16H,7-9H2,1H3/t12-,13-/m0/s1. The number of carbonyl (C=O) groups is 3. The minimum absolute atomic E-state index is 0.322. The second-order valence-corrected chi connectivity index (χ2v) is 5.02. The second-order valence-electron chi connectivity index (χ2n) is 5.02. The number of carbonyl (C=O) groups excluding carboxylic acids is 3. The van der Waals surface area contributed by atoms with Gasteiger partial charge < -0.3 is 10.1 Å². The molecule has 0 spiro atoms. The molecule has 1 fully saturated rings. The third-order valence-electron chi connectivity index (χ3n) is 3.35. The van der Waals surface area contributed by atoms with E-state index in [-0.39, 0.29) is 0 Å². The number of ketones is 1. The predicted octanol–water partition coefficient (Wildman–Crippen LogP) is 0.866. The molecule has 5 heteroatoms. The molecular weight excluding hydrogens is 258 g/mol. The fraction of sp³-hybridized carbons (Fsp3) is 0.400. The number of ether oxygens (including phenoxy) is 1. The highest BCUT2D eigenvalue weighted by molar-refractivity contribution is 6.34. The second kappa shape index (κ2) is 6.43. The van der Waals surface area contributed by atoms with Crippen LogP contribution in [-0.2, 0) is 25.5 Å². The van der Waals surface area contributed by atoms with Crippen LogP contribution in [0, 0.1) is 5.92 Å². The summed E-state index contributed by atoms with van der Waals surface area (Å²) in [5.74, 6) is -2.20. The zero-order chi connectivity index (χ0) is 14.5. The van der Waals surface area contributed by atoms with Crippen LogP contribution >= 0.6 is 0 Å². The van der Waals surface area contributed by atoms with Gasteiger partial charge in [-0.05, 0) is 30.9 Å². The highest BCUT2D eigenvalue weighted by Crippen LogP contribution is 2.19. The molecule has 1 saturated heterocycles. The van der Waals surface area contributed by atoms with Crippen LogP contribution in [0.25, 0.3) is 0 Å². The molecule has 0 saturated carbocycles. The molecule has 1 aromatic carbocycles. The van der Waals surface area contributed by atoms with E-state index < -0.39 is 23.8 Å². The number of benzene rings is 1. The summed E-state index contributed by atoms with van der Waals surface area (Å²) in [6.07, 6.45) is 1.48. The minimum Gasteiger partial charge on any atom is -0.386 e. The summed E-state index contributed by atoms with van der Waals surface area (Å²) in [4.78, 5) is 33.5. The van der Waals surface area contributed by atoms with Gasteiger partial charge in [0.15, 0.2) is 0 Å². The van der Waals surface area contributed by atoms with Crippen LogP contribution in [0.3, 0.4) is 0 Å². The van der Waals surface area contributed by atoms with Crippen molar-refractivity contribution in [2.45, 2.75) is 25.8 Å². The van der Waals surface area contributed by atoms with Crippen molar-refractivity contribution >= 4 is 17.7 Å². The summed E-state index contributed by atoms with van der Waals surface area (Å²) in [5.41, 5.74) is 1.22. The van der Waals surface area contributed by atoms with E-state index in [4.69, 9.17) is 0 Å². The lowest BCUT2D eigenvalue weighted by molar-refractivity contribution is -0.164. The highest BCUT2D eigenvalue weighted by atomic mass is 16.6. The smallest absolute Gasteiger partial charge is 0.381 e. The Hall–Kier alpha value is -2.01. The molecule has 1 heterocycles. The molecule has 0 radical (unpaired) electrons. The van der Waals surface area contributed by atoms with Crippen molar-refractivity contribution in [3.05, 3.63) is 35.9 Å². The van der Waals surface area contributed by atoms with Gasteiger partial charge in [-0.2, -0.15) is 0 Å². The first kappa shape index (κ1) is 14.4. The molecule has 0 aromatic heterocycles. The van der Waals surface area contributed by atoms with Gasteiger partial charge >= 0.3 is 11.9 Å². The van der Waals surface area contributed by atoms with E-state index in [1.54, 1.807) is 0 Å². The molecule has 2 rings (SSSR count). The Morgan fingerprint density at radius 1 is 1.25 bits per heavy atom.